The van der Waals surface area contributed by atoms with E-state index in [4.69, 9.17) is 0 Å². The maximum atomic E-state index is 12.8. The Kier molecular flexibility index (Phi) is 3.23. The molecule has 108 valence electrons. The number of allylic oxidation sites excluding steroid dienone is 4. The average Bonchev–Trinajstić information content (AvgIpc) is 2.41. The first-order valence-electron chi connectivity index (χ1n) is 7.78. The minimum Gasteiger partial charge on any atom is -0.299 e. The minimum atomic E-state index is -0.0290. The molecular formula is C18H24O2. The maximum Gasteiger partial charge on any atom is 0.141 e. The lowest BCUT2D eigenvalue weighted by Gasteiger charge is -2.44. The Balaban J connectivity index is 1.97. The second-order valence-corrected chi connectivity index (χ2v) is 7.17. The molecule has 1 saturated carbocycles. The van der Waals surface area contributed by atoms with Crippen LogP contribution in [0.2, 0.25) is 0 Å². The first-order valence-corrected chi connectivity index (χ1v) is 7.78. The first kappa shape index (κ1) is 13.8. The number of Topliss-reactive ketones (excluding diaryl/α,β-unsaturated/α-hetero) is 2. The van der Waals surface area contributed by atoms with E-state index in [1.807, 2.05) is 0 Å². The van der Waals surface area contributed by atoms with Crippen molar-refractivity contribution in [1.82, 2.24) is 0 Å². The number of carbonyl (C=O) groups is 2. The van der Waals surface area contributed by atoms with E-state index in [1.54, 1.807) is 0 Å². The fourth-order valence-corrected chi connectivity index (χ4v) is 4.33. The Morgan fingerprint density at radius 3 is 0.950 bits per heavy atom. The molecule has 0 heterocycles. The molecule has 3 rings (SSSR count). The molecule has 20 heavy (non-hydrogen) atoms. The molecule has 1 fully saturated rings. The van der Waals surface area contributed by atoms with Crippen molar-refractivity contribution in [3.63, 3.8) is 0 Å². The van der Waals surface area contributed by atoms with E-state index in [-0.39, 0.29) is 23.7 Å². The van der Waals surface area contributed by atoms with Gasteiger partial charge in [-0.2, -0.15) is 0 Å². The third kappa shape index (κ3) is 1.92. The highest BCUT2D eigenvalue weighted by molar-refractivity contribution is 6.00. The van der Waals surface area contributed by atoms with Crippen molar-refractivity contribution in [2.24, 2.45) is 23.7 Å². The van der Waals surface area contributed by atoms with Gasteiger partial charge in [-0.25, -0.2) is 0 Å². The molecule has 2 heteroatoms. The van der Waals surface area contributed by atoms with Gasteiger partial charge >= 0.3 is 0 Å². The summed E-state index contributed by atoms with van der Waals surface area (Å²) in [6.07, 6.45) is 3.25. The van der Waals surface area contributed by atoms with Crippen LogP contribution < -0.4 is 0 Å². The summed E-state index contributed by atoms with van der Waals surface area (Å²) in [7, 11) is 0. The van der Waals surface area contributed by atoms with Crippen molar-refractivity contribution >= 4 is 11.6 Å². The summed E-state index contributed by atoms with van der Waals surface area (Å²) < 4.78 is 0. The van der Waals surface area contributed by atoms with Crippen LogP contribution in [-0.2, 0) is 9.59 Å². The van der Waals surface area contributed by atoms with Gasteiger partial charge in [0, 0.05) is 23.7 Å². The number of fused-ring (bicyclic) bond motifs is 2. The van der Waals surface area contributed by atoms with Gasteiger partial charge in [-0.1, -0.05) is 22.3 Å². The molecule has 0 bridgehead atoms. The molecule has 0 radical (unpaired) electrons. The van der Waals surface area contributed by atoms with Gasteiger partial charge in [-0.05, 0) is 53.4 Å². The van der Waals surface area contributed by atoms with Crippen molar-refractivity contribution in [3.8, 4) is 0 Å². The quantitative estimate of drug-likeness (QED) is 0.627. The summed E-state index contributed by atoms with van der Waals surface area (Å²) in [5, 5.41) is 0. The molecule has 4 atom stereocenters. The zero-order chi connectivity index (χ0) is 14.6. The molecule has 3 aliphatic rings. The van der Waals surface area contributed by atoms with E-state index in [0.29, 0.717) is 11.6 Å². The maximum absolute atomic E-state index is 12.8. The van der Waals surface area contributed by atoms with Crippen LogP contribution in [0.1, 0.15) is 53.4 Å². The molecule has 0 unspecified atom stereocenters. The van der Waals surface area contributed by atoms with Crippen LogP contribution in [-0.4, -0.2) is 11.6 Å². The largest absolute Gasteiger partial charge is 0.299 e. The zero-order valence-electron chi connectivity index (χ0n) is 13.0. The number of carbonyl (C=O) groups excluding carboxylic acids is 2. The van der Waals surface area contributed by atoms with Gasteiger partial charge in [-0.15, -0.1) is 0 Å². The van der Waals surface area contributed by atoms with Crippen molar-refractivity contribution in [3.05, 3.63) is 22.3 Å². The fraction of sp³-hybridized carbons (Fsp3) is 0.667. The van der Waals surface area contributed by atoms with E-state index in [2.05, 4.69) is 27.7 Å². The smallest absolute Gasteiger partial charge is 0.141 e. The topological polar surface area (TPSA) is 34.1 Å². The summed E-state index contributed by atoms with van der Waals surface area (Å²) in [5.41, 5.74) is 5.30. The predicted octanol–water partition coefficient (Wildman–Crippen LogP) is 3.86. The molecule has 3 aliphatic carbocycles. The summed E-state index contributed by atoms with van der Waals surface area (Å²) in [5.74, 6) is 0.631. The lowest BCUT2D eigenvalue weighted by molar-refractivity contribution is -0.148. The summed E-state index contributed by atoms with van der Waals surface area (Å²) in [4.78, 5) is 25.7. The Labute approximate surface area is 121 Å². The third-order valence-corrected chi connectivity index (χ3v) is 5.99. The number of ketones is 2. The van der Waals surface area contributed by atoms with Gasteiger partial charge < -0.3 is 0 Å². The Hall–Kier alpha value is -1.18. The average molecular weight is 272 g/mol. The molecule has 2 nitrogen and oxygen atoms in total. The van der Waals surface area contributed by atoms with Crippen LogP contribution in [0.4, 0.5) is 0 Å². The van der Waals surface area contributed by atoms with Gasteiger partial charge in [0.15, 0.2) is 0 Å². The third-order valence-electron chi connectivity index (χ3n) is 5.99. The molecule has 0 aromatic heterocycles. The summed E-state index contributed by atoms with van der Waals surface area (Å²) in [6, 6.07) is 0. The van der Waals surface area contributed by atoms with Crippen LogP contribution in [0.15, 0.2) is 22.3 Å². The highest BCUT2D eigenvalue weighted by Crippen LogP contribution is 2.48. The van der Waals surface area contributed by atoms with Crippen LogP contribution in [0.25, 0.3) is 0 Å². The SMILES string of the molecule is CC1=C(C)C[C@@H]2C(=O)[C@@H]3CC(C)=C(C)C[C@H]3C(=O)[C@H]2C1. The van der Waals surface area contributed by atoms with E-state index in [1.165, 1.54) is 22.3 Å². The molecule has 0 spiro atoms. The molecule has 0 saturated heterocycles. The Morgan fingerprint density at radius 2 is 0.750 bits per heavy atom. The molecular weight excluding hydrogens is 248 g/mol. The summed E-state index contributed by atoms with van der Waals surface area (Å²) >= 11 is 0. The van der Waals surface area contributed by atoms with Crippen LogP contribution in [0.5, 0.6) is 0 Å². The lowest BCUT2D eigenvalue weighted by atomic mass is 9.57. The second-order valence-electron chi connectivity index (χ2n) is 7.17. The van der Waals surface area contributed by atoms with Crippen molar-refractivity contribution in [2.75, 3.05) is 0 Å². The monoisotopic (exact) mass is 272 g/mol. The highest BCUT2D eigenvalue weighted by Gasteiger charge is 2.51. The Morgan fingerprint density at radius 1 is 0.550 bits per heavy atom. The number of hydrogen-bond donors (Lipinski definition) is 0. The molecule has 0 aliphatic heterocycles. The zero-order valence-corrected chi connectivity index (χ0v) is 13.0. The van der Waals surface area contributed by atoms with Crippen molar-refractivity contribution in [2.45, 2.75) is 53.4 Å². The fourth-order valence-electron chi connectivity index (χ4n) is 4.33. The highest BCUT2D eigenvalue weighted by atomic mass is 16.1. The lowest BCUT2D eigenvalue weighted by Crippen LogP contribution is -2.50. The normalized spacial score (nSPS) is 38.0. The Bertz CT molecular complexity index is 456. The van der Waals surface area contributed by atoms with Crippen LogP contribution >= 0.6 is 0 Å². The van der Waals surface area contributed by atoms with Gasteiger partial charge in [0.1, 0.15) is 11.6 Å². The summed E-state index contributed by atoms with van der Waals surface area (Å²) in [6.45, 7) is 8.47. The van der Waals surface area contributed by atoms with E-state index >= 15 is 0 Å². The predicted molar refractivity (Wildman–Crippen MR) is 79.2 cm³/mol. The van der Waals surface area contributed by atoms with Crippen LogP contribution in [0.3, 0.4) is 0 Å². The molecule has 0 N–H and O–H groups in total. The minimum absolute atomic E-state index is 0.0290. The number of rotatable bonds is 0. The van der Waals surface area contributed by atoms with E-state index in [9.17, 15) is 9.59 Å². The van der Waals surface area contributed by atoms with Gasteiger partial charge in [0.25, 0.3) is 0 Å². The first-order chi connectivity index (χ1) is 9.40. The molecule has 0 aromatic rings. The van der Waals surface area contributed by atoms with Crippen molar-refractivity contribution in [1.29, 1.82) is 0 Å². The molecule has 0 aromatic carbocycles. The van der Waals surface area contributed by atoms with Crippen LogP contribution in [0, 0.1) is 23.7 Å². The van der Waals surface area contributed by atoms with Gasteiger partial charge in [0.05, 0.1) is 0 Å². The number of hydrogen-bond acceptors (Lipinski definition) is 2. The molecule has 0 amide bonds. The van der Waals surface area contributed by atoms with E-state index in [0.717, 1.165) is 25.7 Å². The van der Waals surface area contributed by atoms with Gasteiger partial charge in [-0.3, -0.25) is 9.59 Å². The van der Waals surface area contributed by atoms with Crippen molar-refractivity contribution < 1.29 is 9.59 Å². The van der Waals surface area contributed by atoms with E-state index < -0.39 is 0 Å². The standard InChI is InChI=1S/C18H24O2/c1-9-5-13-14(6-10(9)2)18(20)16-8-12(4)11(3)7-15(16)17(13)19/h13-16H,5-8H2,1-4H3/t13-,14-,15+,16+. The van der Waals surface area contributed by atoms with Gasteiger partial charge in [0.2, 0.25) is 0 Å². The second kappa shape index (κ2) is 4.68.